The molecular formula is C16H22N6O. The molecule has 1 aromatic carbocycles. The van der Waals surface area contributed by atoms with E-state index in [-0.39, 0.29) is 17.4 Å². The molecule has 2 aromatic rings. The number of nitrogen functional groups attached to an aromatic ring is 2. The number of nitrogens with zero attached hydrogens (tertiary/aromatic N) is 4. The maximum Gasteiger partial charge on any atom is 0.272 e. The molecule has 1 heterocycles. The lowest BCUT2D eigenvalue weighted by atomic mass is 10.2. The van der Waals surface area contributed by atoms with Crippen LogP contribution in [0.2, 0.25) is 0 Å². The molecular weight excluding hydrogens is 292 g/mol. The Kier molecular flexibility index (Phi) is 5.13. The van der Waals surface area contributed by atoms with Crippen LogP contribution in [0, 0.1) is 0 Å². The summed E-state index contributed by atoms with van der Waals surface area (Å²) in [6.45, 7) is 1.38. The van der Waals surface area contributed by atoms with E-state index in [1.54, 1.807) is 36.2 Å². The molecule has 0 unspecified atom stereocenters. The second kappa shape index (κ2) is 7.06. The highest BCUT2D eigenvalue weighted by atomic mass is 16.2. The molecule has 0 fully saturated rings. The summed E-state index contributed by atoms with van der Waals surface area (Å²) in [5.74, 6) is 0.489. The zero-order chi connectivity index (χ0) is 17.0. The fourth-order valence-corrected chi connectivity index (χ4v) is 1.98. The van der Waals surface area contributed by atoms with E-state index in [0.29, 0.717) is 18.1 Å². The van der Waals surface area contributed by atoms with Gasteiger partial charge in [-0.25, -0.2) is 9.97 Å². The number of aromatic nitrogens is 2. The molecule has 7 nitrogen and oxygen atoms in total. The van der Waals surface area contributed by atoms with E-state index in [2.05, 4.69) is 9.97 Å². The van der Waals surface area contributed by atoms with Gasteiger partial charge in [0.2, 0.25) is 0 Å². The normalized spacial score (nSPS) is 10.8. The minimum absolute atomic E-state index is 0.183. The van der Waals surface area contributed by atoms with Crippen LogP contribution >= 0.6 is 0 Å². The van der Waals surface area contributed by atoms with Gasteiger partial charge in [0, 0.05) is 37.5 Å². The van der Waals surface area contributed by atoms with Crippen LogP contribution in [0.1, 0.15) is 10.5 Å². The minimum Gasteiger partial charge on any atom is -0.399 e. The van der Waals surface area contributed by atoms with E-state index in [9.17, 15) is 4.79 Å². The molecule has 1 aromatic heterocycles. The number of likely N-dealkylation sites (N-methyl/N-ethyl adjacent to an activating group) is 2. The van der Waals surface area contributed by atoms with Gasteiger partial charge in [0.25, 0.3) is 5.91 Å². The number of hydrogen-bond acceptors (Lipinski definition) is 6. The van der Waals surface area contributed by atoms with Gasteiger partial charge < -0.3 is 21.3 Å². The van der Waals surface area contributed by atoms with Crippen molar-refractivity contribution in [2.75, 3.05) is 45.7 Å². The van der Waals surface area contributed by atoms with Crippen molar-refractivity contribution in [2.24, 2.45) is 0 Å². The van der Waals surface area contributed by atoms with Crippen molar-refractivity contribution in [2.45, 2.75) is 0 Å². The molecule has 2 rings (SSSR count). The summed E-state index contributed by atoms with van der Waals surface area (Å²) in [4.78, 5) is 24.7. The van der Waals surface area contributed by atoms with Crippen molar-refractivity contribution in [1.82, 2.24) is 19.8 Å². The molecule has 0 atom stereocenters. The van der Waals surface area contributed by atoms with E-state index in [0.717, 1.165) is 12.1 Å². The molecule has 122 valence electrons. The Bertz CT molecular complexity index is 683. The van der Waals surface area contributed by atoms with E-state index >= 15 is 0 Å². The molecule has 0 saturated carbocycles. The monoisotopic (exact) mass is 314 g/mol. The van der Waals surface area contributed by atoms with E-state index in [1.807, 2.05) is 19.0 Å². The van der Waals surface area contributed by atoms with Crippen molar-refractivity contribution in [3.63, 3.8) is 0 Å². The maximum atomic E-state index is 12.5. The Labute approximate surface area is 135 Å². The summed E-state index contributed by atoms with van der Waals surface area (Å²) in [5, 5.41) is 0. The molecule has 0 aliphatic rings. The first-order valence-corrected chi connectivity index (χ1v) is 7.27. The third-order valence-electron chi connectivity index (χ3n) is 3.36. The average Bonchev–Trinajstić information content (AvgIpc) is 2.51. The van der Waals surface area contributed by atoms with Gasteiger partial charge in [-0.1, -0.05) is 0 Å². The number of carbonyl (C=O) groups is 1. The maximum absolute atomic E-state index is 12.5. The standard InChI is InChI=1S/C16H22N6O/c1-21(2)8-9-22(3)16(23)13-10-14(18)20-15(19-13)11-4-6-12(17)7-5-11/h4-7,10H,8-9,17H2,1-3H3,(H2,18,19,20). The lowest BCUT2D eigenvalue weighted by Crippen LogP contribution is -2.34. The minimum atomic E-state index is -0.183. The Hall–Kier alpha value is -2.67. The highest BCUT2D eigenvalue weighted by Gasteiger charge is 2.16. The van der Waals surface area contributed by atoms with Crippen LogP contribution in [0.25, 0.3) is 11.4 Å². The number of anilines is 2. The first-order valence-electron chi connectivity index (χ1n) is 7.27. The zero-order valence-corrected chi connectivity index (χ0v) is 13.7. The molecule has 23 heavy (non-hydrogen) atoms. The quantitative estimate of drug-likeness (QED) is 0.797. The van der Waals surface area contributed by atoms with Crippen molar-refractivity contribution in [3.8, 4) is 11.4 Å². The highest BCUT2D eigenvalue weighted by molar-refractivity contribution is 5.93. The van der Waals surface area contributed by atoms with Crippen molar-refractivity contribution >= 4 is 17.4 Å². The average molecular weight is 314 g/mol. The highest BCUT2D eigenvalue weighted by Crippen LogP contribution is 2.19. The second-order valence-electron chi connectivity index (χ2n) is 5.65. The molecule has 0 saturated heterocycles. The molecule has 4 N–H and O–H groups in total. The van der Waals surface area contributed by atoms with Gasteiger partial charge >= 0.3 is 0 Å². The van der Waals surface area contributed by atoms with Gasteiger partial charge in [0.15, 0.2) is 5.82 Å². The lowest BCUT2D eigenvalue weighted by Gasteiger charge is -2.19. The molecule has 7 heteroatoms. The molecule has 0 aliphatic carbocycles. The number of benzene rings is 1. The van der Waals surface area contributed by atoms with Gasteiger partial charge in [0.05, 0.1) is 0 Å². The summed E-state index contributed by atoms with van der Waals surface area (Å²) in [6.07, 6.45) is 0. The SMILES string of the molecule is CN(C)CCN(C)C(=O)c1cc(N)nc(-c2ccc(N)cc2)n1. The summed E-state index contributed by atoms with van der Waals surface area (Å²) in [5.41, 5.74) is 13.2. The Morgan fingerprint density at radius 1 is 1.04 bits per heavy atom. The number of rotatable bonds is 5. The summed E-state index contributed by atoms with van der Waals surface area (Å²) < 4.78 is 0. The van der Waals surface area contributed by atoms with Crippen molar-refractivity contribution in [3.05, 3.63) is 36.0 Å². The van der Waals surface area contributed by atoms with E-state index in [1.165, 1.54) is 6.07 Å². The van der Waals surface area contributed by atoms with Crippen molar-refractivity contribution < 1.29 is 4.79 Å². The van der Waals surface area contributed by atoms with Crippen molar-refractivity contribution in [1.29, 1.82) is 0 Å². The van der Waals surface area contributed by atoms with Gasteiger partial charge in [0.1, 0.15) is 11.5 Å². The predicted octanol–water partition coefficient (Wildman–Crippen LogP) is 0.942. The van der Waals surface area contributed by atoms with Gasteiger partial charge in [-0.05, 0) is 38.4 Å². The molecule has 1 amide bonds. The number of amides is 1. The first-order chi connectivity index (χ1) is 10.9. The van der Waals surface area contributed by atoms with Crippen LogP contribution in [0.15, 0.2) is 30.3 Å². The Morgan fingerprint density at radius 3 is 2.30 bits per heavy atom. The summed E-state index contributed by atoms with van der Waals surface area (Å²) in [7, 11) is 5.66. The third-order valence-corrected chi connectivity index (χ3v) is 3.36. The summed E-state index contributed by atoms with van der Waals surface area (Å²) in [6, 6.07) is 8.61. The van der Waals surface area contributed by atoms with E-state index in [4.69, 9.17) is 11.5 Å². The van der Waals surface area contributed by atoms with Gasteiger partial charge in [-0.3, -0.25) is 4.79 Å². The lowest BCUT2D eigenvalue weighted by molar-refractivity contribution is 0.0780. The summed E-state index contributed by atoms with van der Waals surface area (Å²) >= 11 is 0. The molecule has 0 bridgehead atoms. The van der Waals surface area contributed by atoms with Crippen LogP contribution in [-0.4, -0.2) is 59.9 Å². The molecule has 0 radical (unpaired) electrons. The molecule has 0 spiro atoms. The zero-order valence-electron chi connectivity index (χ0n) is 13.7. The predicted molar refractivity (Wildman–Crippen MR) is 91.8 cm³/mol. The van der Waals surface area contributed by atoms with Crippen LogP contribution in [0.4, 0.5) is 11.5 Å². The number of hydrogen-bond donors (Lipinski definition) is 2. The van der Waals surface area contributed by atoms with Crippen LogP contribution in [0.3, 0.4) is 0 Å². The van der Waals surface area contributed by atoms with Crippen LogP contribution in [-0.2, 0) is 0 Å². The third kappa shape index (κ3) is 4.40. The largest absolute Gasteiger partial charge is 0.399 e. The topological polar surface area (TPSA) is 101 Å². The molecule has 0 aliphatic heterocycles. The van der Waals surface area contributed by atoms with Crippen LogP contribution < -0.4 is 11.5 Å². The smallest absolute Gasteiger partial charge is 0.272 e. The Morgan fingerprint density at radius 2 is 1.70 bits per heavy atom. The van der Waals surface area contributed by atoms with Crippen LogP contribution in [0.5, 0.6) is 0 Å². The fourth-order valence-electron chi connectivity index (χ4n) is 1.98. The Balaban J connectivity index is 2.26. The second-order valence-corrected chi connectivity index (χ2v) is 5.65. The number of nitrogens with two attached hydrogens (primary N) is 2. The van der Waals surface area contributed by atoms with Gasteiger partial charge in [-0.15, -0.1) is 0 Å². The van der Waals surface area contributed by atoms with E-state index < -0.39 is 0 Å². The first kappa shape index (κ1) is 16.7. The fraction of sp³-hybridized carbons (Fsp3) is 0.312. The van der Waals surface area contributed by atoms with Gasteiger partial charge in [-0.2, -0.15) is 0 Å². The number of carbonyl (C=O) groups excluding carboxylic acids is 1.